The Morgan fingerprint density at radius 3 is 1.25 bits per heavy atom. The number of aryl methyl sites for hydroxylation is 2. The molecule has 0 radical (unpaired) electrons. The lowest BCUT2D eigenvalue weighted by Crippen LogP contribution is -2.49. The number of Topliss-reactive ketones (excluding diaryl/α,β-unsaturated/α-hetero) is 2. The minimum atomic E-state index is -4.02. The van der Waals surface area contributed by atoms with Gasteiger partial charge in [0.05, 0.1) is 103 Å². The summed E-state index contributed by atoms with van der Waals surface area (Å²) in [6, 6.07) is 8.17. The number of hydrogen-bond acceptors (Lipinski definition) is 20. The number of benzene rings is 2. The smallest absolute Gasteiger partial charge is 0.307 e. The van der Waals surface area contributed by atoms with Crippen molar-refractivity contribution in [3.8, 4) is 11.8 Å². The van der Waals surface area contributed by atoms with Crippen LogP contribution < -0.4 is 18.9 Å². The predicted molar refractivity (Wildman–Crippen MR) is 440 cm³/mol. The number of nitrogens with one attached hydrogen (secondary N) is 2. The van der Waals surface area contributed by atoms with Gasteiger partial charge in [-0.15, -0.1) is 0 Å². The number of carbonyl (C=O) groups excluding carboxylic acids is 8. The molecular formula is C86H108Cl2F4N10O16S2. The van der Waals surface area contributed by atoms with Gasteiger partial charge in [0, 0.05) is 62.0 Å². The largest absolute Gasteiger partial charge is 0.472 e. The lowest BCUT2D eigenvalue weighted by Gasteiger charge is -2.34. The maximum atomic E-state index is 15.0. The van der Waals surface area contributed by atoms with Gasteiger partial charge in [-0.3, -0.25) is 56.6 Å². The molecule has 2 aromatic carbocycles. The molecule has 4 aliphatic heterocycles. The highest BCUT2D eigenvalue weighted by atomic mass is 35.5. The van der Waals surface area contributed by atoms with Crippen LogP contribution in [-0.4, -0.2) is 172 Å². The van der Waals surface area contributed by atoms with Gasteiger partial charge in [-0.1, -0.05) is 75.2 Å². The highest BCUT2D eigenvalue weighted by molar-refractivity contribution is 7.92. The summed E-state index contributed by atoms with van der Waals surface area (Å²) >= 11 is 12.9. The van der Waals surface area contributed by atoms with Gasteiger partial charge in [0.15, 0.2) is 22.8 Å². The van der Waals surface area contributed by atoms with Crippen LogP contribution in [0.3, 0.4) is 0 Å². The van der Waals surface area contributed by atoms with Gasteiger partial charge in [-0.05, 0) is 204 Å². The van der Waals surface area contributed by atoms with Gasteiger partial charge < -0.3 is 28.7 Å². The molecule has 4 aromatic heterocycles. The third-order valence-electron chi connectivity index (χ3n) is 26.7. The van der Waals surface area contributed by atoms with E-state index < -0.39 is 183 Å². The molecule has 2 N–H and O–H groups in total. The number of carbonyl (C=O) groups is 8. The summed E-state index contributed by atoms with van der Waals surface area (Å²) in [5, 5.41) is 1.96. The summed E-state index contributed by atoms with van der Waals surface area (Å²) in [4.78, 5) is 136. The molecule has 14 atom stereocenters. The number of imidazole rings is 2. The van der Waals surface area contributed by atoms with Crippen molar-refractivity contribution in [2.24, 2.45) is 58.2 Å². The lowest BCUT2D eigenvalue weighted by molar-refractivity contribution is -0.197. The van der Waals surface area contributed by atoms with E-state index in [4.69, 9.17) is 42.1 Å². The van der Waals surface area contributed by atoms with E-state index >= 15 is 9.59 Å². The molecule has 14 rings (SSSR count). The van der Waals surface area contributed by atoms with E-state index in [1.807, 2.05) is 90.4 Å². The van der Waals surface area contributed by atoms with E-state index in [-0.39, 0.29) is 75.2 Å². The van der Waals surface area contributed by atoms with E-state index in [0.29, 0.717) is 133 Å². The van der Waals surface area contributed by atoms with Crippen molar-refractivity contribution >= 4 is 124 Å². The Morgan fingerprint density at radius 1 is 0.550 bits per heavy atom. The number of amides is 4. The second-order valence-electron chi connectivity index (χ2n) is 37.2. The molecule has 6 fully saturated rings. The summed E-state index contributed by atoms with van der Waals surface area (Å²) in [6.07, 6.45) is 13.7. The Kier molecular flexibility index (Phi) is 24.4. The van der Waals surface area contributed by atoms with E-state index in [0.717, 1.165) is 27.7 Å². The maximum absolute atomic E-state index is 15.0. The zero-order valence-electron chi connectivity index (χ0n) is 70.2. The lowest BCUT2D eigenvalue weighted by atomic mass is 9.82. The molecule has 2 saturated heterocycles. The third-order valence-corrected chi connectivity index (χ3v) is 31.5. The van der Waals surface area contributed by atoms with E-state index in [1.165, 1.54) is 9.80 Å². The van der Waals surface area contributed by atoms with Crippen molar-refractivity contribution in [3.63, 3.8) is 0 Å². The summed E-state index contributed by atoms with van der Waals surface area (Å²) in [6.45, 7) is 20.1. The Morgan fingerprint density at radius 2 is 0.908 bits per heavy atom. The first kappa shape index (κ1) is 89.4. The molecule has 4 saturated carbocycles. The van der Waals surface area contributed by atoms with Crippen molar-refractivity contribution in [3.05, 3.63) is 94.5 Å². The number of alkyl halides is 4. The number of fused-ring (bicyclic) bond motifs is 10. The molecule has 8 aliphatic rings. The number of nitrogens with zero attached hydrogens (tertiary/aromatic N) is 8. The first-order valence-electron chi connectivity index (χ1n) is 41.4. The Balaban J connectivity index is 0.000000207. The minimum Gasteiger partial charge on any atom is -0.472 e. The molecule has 26 nitrogen and oxygen atoms in total. The number of ether oxygens (including phenoxy) is 4. The van der Waals surface area contributed by atoms with Gasteiger partial charge in [0.1, 0.15) is 12.2 Å². The highest BCUT2D eigenvalue weighted by Gasteiger charge is 2.65. The van der Waals surface area contributed by atoms with Crippen LogP contribution in [0.5, 0.6) is 11.8 Å². The van der Waals surface area contributed by atoms with Crippen molar-refractivity contribution in [2.45, 2.75) is 269 Å². The van der Waals surface area contributed by atoms with Crippen LogP contribution in [0.25, 0.3) is 33.4 Å². The number of rotatable bonds is 18. The third kappa shape index (κ3) is 18.3. The van der Waals surface area contributed by atoms with Gasteiger partial charge in [0.2, 0.25) is 67.0 Å². The van der Waals surface area contributed by atoms with Crippen molar-refractivity contribution in [2.75, 3.05) is 13.1 Å². The minimum absolute atomic E-state index is 0.0153. The molecule has 652 valence electrons. The van der Waals surface area contributed by atoms with Crippen LogP contribution >= 0.6 is 23.2 Å². The highest BCUT2D eigenvalue weighted by Crippen LogP contribution is 2.60. The van der Waals surface area contributed by atoms with Gasteiger partial charge in [0.25, 0.3) is 11.8 Å². The standard InChI is InChI=1S/2C43H54ClF2N5O8S/c2*1-24-10-8-9-11-27-20-43(27,38(55)49-60(56,57)41(6)14-15-41)21-34(52)33-18-29(58-36-31-17-28(44)12-13-32(31)51-22-26(3)47-39(51)48-36)23-50(33)37(54)30(25(2)16-24)19-35(53)59-40(4,5)42(7,45)46/h2*9,11-13,17,22,24-25,27,29-30,33H,8,10,14-16,18-21,23H2,1-7H3,(H,49,55)/b2*11-9-/t24-,25+,27+,29+,30-,33-,43+;24-,25-,27-,29-,30+,33+,43-/m01/s1. The summed E-state index contributed by atoms with van der Waals surface area (Å²) in [7, 11) is -8.05. The number of aromatic nitrogens is 6. The van der Waals surface area contributed by atoms with E-state index in [2.05, 4.69) is 29.4 Å². The summed E-state index contributed by atoms with van der Waals surface area (Å²) < 4.78 is 141. The van der Waals surface area contributed by atoms with Gasteiger partial charge in [-0.2, -0.15) is 9.97 Å². The summed E-state index contributed by atoms with van der Waals surface area (Å²) in [5.74, 6) is -14.9. The second-order valence-corrected chi connectivity index (χ2v) is 42.5. The van der Waals surface area contributed by atoms with Crippen molar-refractivity contribution in [1.29, 1.82) is 0 Å². The normalized spacial score (nSPS) is 29.3. The van der Waals surface area contributed by atoms with E-state index in [9.17, 15) is 63.2 Å². The monoisotopic (exact) mass is 1750 g/mol. The van der Waals surface area contributed by atoms with Crippen LogP contribution in [0.15, 0.2) is 73.1 Å². The Bertz CT molecular complexity index is 5080. The molecule has 8 heterocycles. The fraction of sp³-hybridized carbons (Fsp3) is 0.628. The quantitative estimate of drug-likeness (QED) is 0.0458. The van der Waals surface area contributed by atoms with E-state index in [1.54, 1.807) is 46.9 Å². The molecule has 6 aromatic rings. The van der Waals surface area contributed by atoms with Gasteiger partial charge >= 0.3 is 11.9 Å². The maximum Gasteiger partial charge on any atom is 0.307 e. The summed E-state index contributed by atoms with van der Waals surface area (Å²) in [5.41, 5.74) is -4.21. The Hall–Kier alpha value is -8.36. The molecule has 4 amide bonds. The van der Waals surface area contributed by atoms with Crippen LogP contribution in [0.2, 0.25) is 10.0 Å². The molecule has 4 aliphatic carbocycles. The number of allylic oxidation sites excluding steroid dienone is 4. The fourth-order valence-corrected chi connectivity index (χ4v) is 20.4. The van der Waals surface area contributed by atoms with Gasteiger partial charge in [-0.25, -0.2) is 44.4 Å². The predicted octanol–water partition coefficient (Wildman–Crippen LogP) is 14.3. The average Bonchev–Trinajstić information content (AvgIpc) is 1.56. The van der Waals surface area contributed by atoms with Crippen molar-refractivity contribution < 1.29 is 91.7 Å². The molecule has 0 unspecified atom stereocenters. The first-order chi connectivity index (χ1) is 55.9. The number of ketones is 2. The number of hydrogen-bond donors (Lipinski definition) is 2. The van der Waals surface area contributed by atoms with Crippen LogP contribution in [0.4, 0.5) is 17.6 Å². The SMILES string of the molecule is Cc1cn2c(n1)nc(O[C@@H]1C[C@H]3C(=O)C[C@]4(C(=O)NS(=O)(=O)C5(C)CC5)C[C@H]4/C=C\CC[C@@H](C)C[C@@H](C)[C@H](CC(=O)OC(C)(C)C(C)(F)F)C(=O)N3C1)c1cc(Cl)ccc12.Cc1cn2c(n1)nc(O[C@@H]1C[C@H]3C(=O)C[C@]4(C(=O)NS(=O)(=O)C5(C)CC5)C[C@H]4/C=C\CC[C@H](C)C[C@@H](C)[C@H](CC(=O)OC(C)(C)C(C)(F)F)C(=O)N3C1)c1cc(Cl)ccc12. The molecule has 0 bridgehead atoms. The molecule has 34 heteroatoms. The molecular weight excluding hydrogens is 1640 g/mol. The molecule has 120 heavy (non-hydrogen) atoms. The van der Waals surface area contributed by atoms with Crippen LogP contribution in [-0.2, 0) is 67.9 Å². The van der Waals surface area contributed by atoms with Crippen molar-refractivity contribution in [1.82, 2.24) is 48.0 Å². The number of esters is 2. The average molecular weight is 1750 g/mol. The van der Waals surface area contributed by atoms with Crippen LogP contribution in [0.1, 0.15) is 210 Å². The second kappa shape index (κ2) is 32.7. The number of sulfonamides is 2. The Labute approximate surface area is 706 Å². The molecule has 0 spiro atoms. The zero-order valence-corrected chi connectivity index (χ0v) is 73.3. The fourth-order valence-electron chi connectivity index (χ4n) is 17.4. The number of halogens is 6. The first-order valence-corrected chi connectivity index (χ1v) is 45.2. The zero-order chi connectivity index (χ0) is 87.5. The topological polar surface area (TPSA) is 333 Å². The van der Waals surface area contributed by atoms with Crippen LogP contribution in [0, 0.1) is 72.0 Å².